The average Bonchev–Trinajstić information content (AvgIpc) is 2.97. The Labute approximate surface area is 117 Å². The number of hydrogen-bond acceptors (Lipinski definition) is 5. The van der Waals surface area contributed by atoms with Crippen molar-refractivity contribution in [1.29, 1.82) is 0 Å². The predicted molar refractivity (Wildman–Crippen MR) is 69.5 cm³/mol. The summed E-state index contributed by atoms with van der Waals surface area (Å²) < 4.78 is 4.90. The second kappa shape index (κ2) is 4.67. The van der Waals surface area contributed by atoms with Crippen molar-refractivity contribution in [1.82, 2.24) is 0 Å². The third kappa shape index (κ3) is 1.84. The van der Waals surface area contributed by atoms with Gasteiger partial charge in [-0.25, -0.2) is 0 Å². The van der Waals surface area contributed by atoms with Crippen LogP contribution in [0.5, 0.6) is 0 Å². The molecule has 0 saturated heterocycles. The van der Waals surface area contributed by atoms with Crippen LogP contribution in [0.2, 0.25) is 0 Å². The number of aliphatic hydroxyl groups excluding tert-OH is 1. The molecule has 0 radical (unpaired) electrons. The van der Waals surface area contributed by atoms with E-state index in [1.807, 2.05) is 12.2 Å². The molecular formula is C15H20O5. The van der Waals surface area contributed by atoms with Gasteiger partial charge in [-0.3, -0.25) is 9.59 Å². The second-order valence-corrected chi connectivity index (χ2v) is 6.16. The van der Waals surface area contributed by atoms with Gasteiger partial charge in [0.05, 0.1) is 19.1 Å². The van der Waals surface area contributed by atoms with Crippen LogP contribution in [0.4, 0.5) is 0 Å². The van der Waals surface area contributed by atoms with Crippen LogP contribution in [0.1, 0.15) is 26.2 Å². The summed E-state index contributed by atoms with van der Waals surface area (Å²) in [6, 6.07) is 0. The van der Waals surface area contributed by atoms with Crippen molar-refractivity contribution in [3.63, 3.8) is 0 Å². The maximum atomic E-state index is 12.2. The zero-order valence-electron chi connectivity index (χ0n) is 11.5. The van der Waals surface area contributed by atoms with E-state index in [0.717, 1.165) is 6.42 Å². The predicted octanol–water partition coefficient (Wildman–Crippen LogP) is 0.443. The Kier molecular flexibility index (Phi) is 3.21. The van der Waals surface area contributed by atoms with Crippen LogP contribution in [0.15, 0.2) is 12.2 Å². The van der Waals surface area contributed by atoms with Gasteiger partial charge in [-0.1, -0.05) is 12.2 Å². The fourth-order valence-electron chi connectivity index (χ4n) is 4.35. The number of ether oxygens (including phenoxy) is 1. The number of allylic oxidation sites excluding steroid dienone is 2. The van der Waals surface area contributed by atoms with Gasteiger partial charge in [-0.05, 0) is 25.2 Å². The first-order valence-electron chi connectivity index (χ1n) is 7.24. The molecule has 0 aromatic heterocycles. The van der Waals surface area contributed by atoms with Gasteiger partial charge in [0.2, 0.25) is 0 Å². The molecule has 0 amide bonds. The van der Waals surface area contributed by atoms with Crippen LogP contribution in [0, 0.1) is 23.7 Å². The van der Waals surface area contributed by atoms with Crippen molar-refractivity contribution < 1.29 is 24.5 Å². The molecule has 0 spiro atoms. The lowest BCUT2D eigenvalue weighted by Gasteiger charge is -2.47. The smallest absolute Gasteiger partial charge is 0.308 e. The van der Waals surface area contributed by atoms with Crippen molar-refractivity contribution in [3.05, 3.63) is 12.2 Å². The van der Waals surface area contributed by atoms with E-state index in [1.165, 1.54) is 0 Å². The lowest BCUT2D eigenvalue weighted by Crippen LogP contribution is -2.59. The summed E-state index contributed by atoms with van der Waals surface area (Å²) in [6.07, 6.45) is 3.37. The molecule has 0 heterocycles. The zero-order valence-corrected chi connectivity index (χ0v) is 11.5. The molecule has 3 aliphatic carbocycles. The molecule has 5 heteroatoms. The van der Waals surface area contributed by atoms with E-state index in [4.69, 9.17) is 4.74 Å². The fourth-order valence-corrected chi connectivity index (χ4v) is 4.35. The van der Waals surface area contributed by atoms with Gasteiger partial charge in [0.1, 0.15) is 11.4 Å². The number of carbonyl (C=O) groups excluding carboxylic acids is 2. The first-order valence-corrected chi connectivity index (χ1v) is 7.24. The Morgan fingerprint density at radius 2 is 2.15 bits per heavy atom. The second-order valence-electron chi connectivity index (χ2n) is 6.16. The Morgan fingerprint density at radius 3 is 2.85 bits per heavy atom. The van der Waals surface area contributed by atoms with Gasteiger partial charge in [0.25, 0.3) is 0 Å². The maximum Gasteiger partial charge on any atom is 0.308 e. The summed E-state index contributed by atoms with van der Waals surface area (Å²) in [4.78, 5) is 23.9. The molecule has 2 bridgehead atoms. The topological polar surface area (TPSA) is 83.8 Å². The molecule has 2 N–H and O–H groups in total. The lowest BCUT2D eigenvalue weighted by molar-refractivity contribution is -0.184. The number of ketones is 1. The van der Waals surface area contributed by atoms with Crippen LogP contribution >= 0.6 is 0 Å². The van der Waals surface area contributed by atoms with Gasteiger partial charge >= 0.3 is 5.97 Å². The van der Waals surface area contributed by atoms with E-state index >= 15 is 0 Å². The summed E-state index contributed by atoms with van der Waals surface area (Å²) >= 11 is 0. The van der Waals surface area contributed by atoms with E-state index in [9.17, 15) is 19.8 Å². The van der Waals surface area contributed by atoms with Gasteiger partial charge < -0.3 is 14.9 Å². The minimum absolute atomic E-state index is 0.00730. The van der Waals surface area contributed by atoms with Crippen molar-refractivity contribution >= 4 is 11.8 Å². The van der Waals surface area contributed by atoms with Crippen molar-refractivity contribution in [3.8, 4) is 0 Å². The minimum atomic E-state index is -1.55. The number of Topliss-reactive ketones (excluding diaryl/α,β-unsaturated/α-hetero) is 1. The Hall–Kier alpha value is -1.20. The van der Waals surface area contributed by atoms with Gasteiger partial charge in [-0.2, -0.15) is 0 Å². The normalized spacial score (nSPS) is 45.5. The van der Waals surface area contributed by atoms with Crippen molar-refractivity contribution in [2.75, 3.05) is 6.61 Å². The van der Waals surface area contributed by atoms with E-state index in [2.05, 4.69) is 0 Å². The summed E-state index contributed by atoms with van der Waals surface area (Å²) in [5.41, 5.74) is -1.55. The number of carbonyl (C=O) groups is 2. The molecule has 0 aliphatic heterocycles. The molecule has 110 valence electrons. The highest BCUT2D eigenvalue weighted by Gasteiger charge is 2.62. The van der Waals surface area contributed by atoms with Crippen LogP contribution < -0.4 is 0 Å². The lowest BCUT2D eigenvalue weighted by atomic mass is 9.62. The monoisotopic (exact) mass is 280 g/mol. The largest absolute Gasteiger partial charge is 0.466 e. The first kappa shape index (κ1) is 13.8. The van der Waals surface area contributed by atoms with Crippen LogP contribution in [0.3, 0.4) is 0 Å². The minimum Gasteiger partial charge on any atom is -0.466 e. The summed E-state index contributed by atoms with van der Waals surface area (Å²) in [6.45, 7) is 1.94. The highest BCUT2D eigenvalue weighted by molar-refractivity contribution is 5.85. The molecule has 3 rings (SSSR count). The van der Waals surface area contributed by atoms with E-state index in [1.54, 1.807) is 6.92 Å². The van der Waals surface area contributed by atoms with E-state index in [-0.39, 0.29) is 48.9 Å². The quantitative estimate of drug-likeness (QED) is 0.579. The summed E-state index contributed by atoms with van der Waals surface area (Å²) in [7, 11) is 0. The Morgan fingerprint density at radius 1 is 1.45 bits per heavy atom. The standard InChI is InChI=1S/C15H20O5/c1-2-20-12(18)7-15(19)11(17)6-10(16)13-8-3-4-9(5-8)14(13)15/h3-4,8-9,11,13-14,17,19H,2,5-7H2,1H3/t8-,9+,11+,13+,14+,15-/m1/s1. The third-order valence-corrected chi connectivity index (χ3v) is 5.11. The van der Waals surface area contributed by atoms with E-state index < -0.39 is 17.7 Å². The Balaban J connectivity index is 1.90. The Bertz CT molecular complexity index is 471. The molecule has 2 saturated carbocycles. The molecular weight excluding hydrogens is 260 g/mol. The van der Waals surface area contributed by atoms with Crippen molar-refractivity contribution in [2.24, 2.45) is 23.7 Å². The zero-order chi connectivity index (χ0) is 14.5. The van der Waals surface area contributed by atoms with Crippen molar-refractivity contribution in [2.45, 2.75) is 37.9 Å². The van der Waals surface area contributed by atoms with Gasteiger partial charge in [-0.15, -0.1) is 0 Å². The number of rotatable bonds is 3. The average molecular weight is 280 g/mol. The van der Waals surface area contributed by atoms with Gasteiger partial charge in [0.15, 0.2) is 0 Å². The van der Waals surface area contributed by atoms with Crippen LogP contribution in [0.25, 0.3) is 0 Å². The third-order valence-electron chi connectivity index (χ3n) is 5.11. The molecule has 0 aromatic carbocycles. The highest BCUT2D eigenvalue weighted by Crippen LogP contribution is 2.57. The van der Waals surface area contributed by atoms with Crippen LogP contribution in [-0.2, 0) is 14.3 Å². The molecule has 6 atom stereocenters. The first-order chi connectivity index (χ1) is 9.47. The number of aliphatic hydroxyl groups is 2. The number of fused-ring (bicyclic) bond motifs is 5. The highest BCUT2D eigenvalue weighted by atomic mass is 16.5. The molecule has 2 fully saturated rings. The molecule has 20 heavy (non-hydrogen) atoms. The summed E-state index contributed by atoms with van der Waals surface area (Å²) in [5, 5.41) is 21.1. The van der Waals surface area contributed by atoms with Crippen LogP contribution in [-0.4, -0.2) is 40.3 Å². The molecule has 0 aromatic rings. The number of esters is 1. The molecule has 3 aliphatic rings. The number of hydrogen-bond donors (Lipinski definition) is 2. The summed E-state index contributed by atoms with van der Waals surface area (Å²) in [5.74, 6) is -0.908. The molecule has 5 nitrogen and oxygen atoms in total. The SMILES string of the molecule is CCOC(=O)C[C@]1(O)[C@@H]2[C@H](C(=O)C[C@@H]1O)[C@@H]1C=C[C@H]2C1. The van der Waals surface area contributed by atoms with E-state index in [0.29, 0.717) is 0 Å². The fraction of sp³-hybridized carbons (Fsp3) is 0.733. The molecule has 0 unspecified atom stereocenters. The maximum absolute atomic E-state index is 12.2. The van der Waals surface area contributed by atoms with Gasteiger partial charge in [0, 0.05) is 18.3 Å².